The lowest BCUT2D eigenvalue weighted by atomic mass is 10.3. The summed E-state index contributed by atoms with van der Waals surface area (Å²) in [4.78, 5) is 4.07. The number of hydrogen-bond donors (Lipinski definition) is 3. The molecule has 1 saturated heterocycles. The Morgan fingerprint density at radius 1 is 1.20 bits per heavy atom. The minimum absolute atomic E-state index is 0.606. The summed E-state index contributed by atoms with van der Waals surface area (Å²) < 4.78 is 0. The van der Waals surface area contributed by atoms with E-state index in [1.165, 1.54) is 0 Å². The van der Waals surface area contributed by atoms with E-state index in [1.54, 1.807) is 6.07 Å². The van der Waals surface area contributed by atoms with E-state index in [1.807, 2.05) is 12.1 Å². The van der Waals surface area contributed by atoms with Gasteiger partial charge in [0.05, 0.1) is 0 Å². The van der Waals surface area contributed by atoms with Crippen molar-refractivity contribution in [1.29, 1.82) is 0 Å². The molecule has 1 aliphatic rings. The van der Waals surface area contributed by atoms with E-state index >= 15 is 0 Å². The van der Waals surface area contributed by atoms with Crippen molar-refractivity contribution in [3.63, 3.8) is 0 Å². The second-order valence-electron chi connectivity index (χ2n) is 3.41. The van der Waals surface area contributed by atoms with Gasteiger partial charge in [-0.1, -0.05) is 13.0 Å². The molecule has 0 atom stereocenters. The topological polar surface area (TPSA) is 63.0 Å². The van der Waals surface area contributed by atoms with E-state index in [2.05, 4.69) is 22.5 Å². The van der Waals surface area contributed by atoms with Crippen molar-refractivity contribution >= 4 is 5.82 Å². The third-order valence-corrected chi connectivity index (χ3v) is 2.15. The molecular formula is C11H20N4. The predicted octanol–water partition coefficient (Wildman–Crippen LogP) is 0.405. The average molecular weight is 208 g/mol. The standard InChI is InChI=1S/C7H10N2.C4H10N2/c1-2-6-4-3-5-7(8)9-6;1-2-6-4-3-5-1/h3-5H,2H2,1H3,(H2,8,9);5-6H,1-4H2. The average Bonchev–Trinajstić information content (AvgIpc) is 2.32. The molecule has 0 saturated carbocycles. The normalized spacial score (nSPS) is 15.3. The van der Waals surface area contributed by atoms with E-state index in [4.69, 9.17) is 5.73 Å². The van der Waals surface area contributed by atoms with Crippen molar-refractivity contribution in [2.45, 2.75) is 13.3 Å². The van der Waals surface area contributed by atoms with Crippen molar-refractivity contribution in [3.8, 4) is 0 Å². The molecule has 1 aromatic rings. The zero-order valence-electron chi connectivity index (χ0n) is 9.29. The first-order valence-corrected chi connectivity index (χ1v) is 5.45. The molecule has 0 aliphatic carbocycles. The van der Waals surface area contributed by atoms with Gasteiger partial charge in [0.15, 0.2) is 0 Å². The number of hydrogen-bond acceptors (Lipinski definition) is 4. The maximum absolute atomic E-state index is 5.42. The van der Waals surface area contributed by atoms with Crippen LogP contribution in [0, 0.1) is 0 Å². The molecule has 0 spiro atoms. The number of anilines is 1. The summed E-state index contributed by atoms with van der Waals surface area (Å²) in [6, 6.07) is 5.68. The van der Waals surface area contributed by atoms with Crippen molar-refractivity contribution in [1.82, 2.24) is 15.6 Å². The van der Waals surface area contributed by atoms with Crippen LogP contribution in [0.5, 0.6) is 0 Å². The highest BCUT2D eigenvalue weighted by atomic mass is 15.0. The number of rotatable bonds is 1. The predicted molar refractivity (Wildman–Crippen MR) is 63.8 cm³/mol. The van der Waals surface area contributed by atoms with E-state index in [-0.39, 0.29) is 0 Å². The minimum atomic E-state index is 0.606. The van der Waals surface area contributed by atoms with Crippen LogP contribution in [0.1, 0.15) is 12.6 Å². The number of nitrogens with two attached hydrogens (primary N) is 1. The summed E-state index contributed by atoms with van der Waals surface area (Å²) in [6.07, 6.45) is 0.949. The zero-order valence-corrected chi connectivity index (χ0v) is 9.29. The van der Waals surface area contributed by atoms with Gasteiger partial charge in [0, 0.05) is 31.9 Å². The number of pyridine rings is 1. The lowest BCUT2D eigenvalue weighted by molar-refractivity contribution is 0.534. The molecule has 84 valence electrons. The molecule has 4 nitrogen and oxygen atoms in total. The van der Waals surface area contributed by atoms with E-state index in [9.17, 15) is 0 Å². The maximum atomic E-state index is 5.42. The summed E-state index contributed by atoms with van der Waals surface area (Å²) in [7, 11) is 0. The van der Waals surface area contributed by atoms with Crippen LogP contribution in [0.15, 0.2) is 18.2 Å². The molecule has 15 heavy (non-hydrogen) atoms. The first-order chi connectivity index (χ1) is 7.33. The van der Waals surface area contributed by atoms with Gasteiger partial charge in [-0.2, -0.15) is 0 Å². The van der Waals surface area contributed by atoms with Gasteiger partial charge in [0.1, 0.15) is 5.82 Å². The first kappa shape index (κ1) is 11.9. The second-order valence-corrected chi connectivity index (χ2v) is 3.41. The monoisotopic (exact) mass is 208 g/mol. The molecule has 1 fully saturated rings. The van der Waals surface area contributed by atoms with Crippen LogP contribution in [0.4, 0.5) is 5.82 Å². The van der Waals surface area contributed by atoms with E-state index in [0.717, 1.165) is 38.3 Å². The van der Waals surface area contributed by atoms with Crippen LogP contribution in [0.3, 0.4) is 0 Å². The molecular weight excluding hydrogens is 188 g/mol. The van der Waals surface area contributed by atoms with Crippen molar-refractivity contribution in [2.75, 3.05) is 31.9 Å². The van der Waals surface area contributed by atoms with Crippen LogP contribution in [0.25, 0.3) is 0 Å². The summed E-state index contributed by atoms with van der Waals surface area (Å²) >= 11 is 0. The zero-order chi connectivity index (χ0) is 10.9. The molecule has 1 aliphatic heterocycles. The fourth-order valence-electron chi connectivity index (χ4n) is 1.30. The quantitative estimate of drug-likeness (QED) is 0.625. The summed E-state index contributed by atoms with van der Waals surface area (Å²) in [5, 5.41) is 6.44. The Balaban J connectivity index is 0.000000162. The Bertz CT molecular complexity index is 260. The molecule has 2 rings (SSSR count). The Kier molecular flexibility index (Phi) is 5.73. The number of nitrogen functional groups attached to an aromatic ring is 1. The van der Waals surface area contributed by atoms with Gasteiger partial charge in [0.2, 0.25) is 0 Å². The molecule has 0 radical (unpaired) electrons. The van der Waals surface area contributed by atoms with Crippen molar-refractivity contribution in [3.05, 3.63) is 23.9 Å². The third kappa shape index (κ3) is 5.34. The highest BCUT2D eigenvalue weighted by Crippen LogP contribution is 1.99. The lowest BCUT2D eigenvalue weighted by Gasteiger charge is -2.11. The molecule has 0 amide bonds. The molecule has 1 aromatic heterocycles. The maximum Gasteiger partial charge on any atom is 0.123 e. The van der Waals surface area contributed by atoms with Gasteiger partial charge in [-0.05, 0) is 18.6 Å². The molecule has 4 N–H and O–H groups in total. The van der Waals surface area contributed by atoms with Crippen molar-refractivity contribution < 1.29 is 0 Å². The molecule has 4 heteroatoms. The summed E-state index contributed by atoms with van der Waals surface area (Å²) in [5.74, 6) is 0.606. The number of piperazine rings is 1. The highest BCUT2D eigenvalue weighted by Gasteiger charge is 1.91. The summed E-state index contributed by atoms with van der Waals surface area (Å²) in [6.45, 7) is 6.61. The fourth-order valence-corrected chi connectivity index (χ4v) is 1.30. The Morgan fingerprint density at radius 3 is 2.13 bits per heavy atom. The van der Waals surface area contributed by atoms with Crippen LogP contribution >= 0.6 is 0 Å². The van der Waals surface area contributed by atoms with Gasteiger partial charge in [-0.25, -0.2) is 4.98 Å². The van der Waals surface area contributed by atoms with Gasteiger partial charge in [-0.15, -0.1) is 0 Å². The van der Waals surface area contributed by atoms with Crippen LogP contribution in [-0.4, -0.2) is 31.2 Å². The van der Waals surface area contributed by atoms with Gasteiger partial charge in [0.25, 0.3) is 0 Å². The molecule has 0 unspecified atom stereocenters. The van der Waals surface area contributed by atoms with Gasteiger partial charge >= 0.3 is 0 Å². The van der Waals surface area contributed by atoms with Crippen LogP contribution in [0.2, 0.25) is 0 Å². The second kappa shape index (κ2) is 7.20. The lowest BCUT2D eigenvalue weighted by Crippen LogP contribution is -2.39. The number of nitrogens with zero attached hydrogens (tertiary/aromatic N) is 1. The van der Waals surface area contributed by atoms with Crippen LogP contribution < -0.4 is 16.4 Å². The Hall–Kier alpha value is -1.13. The number of nitrogens with one attached hydrogen (secondary N) is 2. The highest BCUT2D eigenvalue weighted by molar-refractivity contribution is 5.28. The van der Waals surface area contributed by atoms with Crippen molar-refractivity contribution in [2.24, 2.45) is 0 Å². The SMILES string of the molecule is C1CNCCN1.CCc1cccc(N)n1. The molecule has 0 bridgehead atoms. The fraction of sp³-hybridized carbons (Fsp3) is 0.545. The number of aryl methyl sites for hydroxylation is 1. The third-order valence-electron chi connectivity index (χ3n) is 2.15. The number of aromatic nitrogens is 1. The van der Waals surface area contributed by atoms with Gasteiger partial charge < -0.3 is 16.4 Å². The Labute approximate surface area is 91.3 Å². The van der Waals surface area contributed by atoms with Gasteiger partial charge in [-0.3, -0.25) is 0 Å². The van der Waals surface area contributed by atoms with Crippen LogP contribution in [-0.2, 0) is 6.42 Å². The summed E-state index contributed by atoms with van der Waals surface area (Å²) in [5.41, 5.74) is 6.47. The first-order valence-electron chi connectivity index (χ1n) is 5.45. The molecule has 0 aromatic carbocycles. The minimum Gasteiger partial charge on any atom is -0.384 e. The molecule has 2 heterocycles. The Morgan fingerprint density at radius 2 is 1.80 bits per heavy atom. The van der Waals surface area contributed by atoms with E-state index < -0.39 is 0 Å². The largest absolute Gasteiger partial charge is 0.384 e. The van der Waals surface area contributed by atoms with E-state index in [0.29, 0.717) is 5.82 Å². The smallest absolute Gasteiger partial charge is 0.123 e.